The standard InChI is InChI=1S/C6H7NO4/c1-4(8)11-6(2,3-7)5(9)10/h1-2H3,(H,9,10). The van der Waals surface area contributed by atoms with E-state index in [0.29, 0.717) is 0 Å². The number of aliphatic carboxylic acids is 1. The summed E-state index contributed by atoms with van der Waals surface area (Å²) >= 11 is 0. The Bertz CT molecular complexity index is 229. The second kappa shape index (κ2) is 3.01. The van der Waals surface area contributed by atoms with Crippen LogP contribution in [0.1, 0.15) is 13.8 Å². The second-order valence-corrected chi connectivity index (χ2v) is 2.04. The van der Waals surface area contributed by atoms with Crippen LogP contribution in [-0.4, -0.2) is 22.6 Å². The minimum absolute atomic E-state index is 0.795. The molecule has 0 bridgehead atoms. The third-order valence-corrected chi connectivity index (χ3v) is 0.969. The maximum Gasteiger partial charge on any atom is 0.363 e. The first kappa shape index (κ1) is 9.43. The summed E-state index contributed by atoms with van der Waals surface area (Å²) in [6, 6.07) is 1.37. The molecule has 0 aliphatic heterocycles. The van der Waals surface area contributed by atoms with Crippen LogP contribution in [0, 0.1) is 11.3 Å². The van der Waals surface area contributed by atoms with Crippen molar-refractivity contribution in [3.63, 3.8) is 0 Å². The second-order valence-electron chi connectivity index (χ2n) is 2.04. The van der Waals surface area contributed by atoms with Crippen molar-refractivity contribution in [2.75, 3.05) is 0 Å². The van der Waals surface area contributed by atoms with Gasteiger partial charge >= 0.3 is 11.9 Å². The summed E-state index contributed by atoms with van der Waals surface area (Å²) in [5.74, 6) is -2.27. The van der Waals surface area contributed by atoms with Gasteiger partial charge in [0.1, 0.15) is 6.07 Å². The molecule has 1 unspecified atom stereocenters. The van der Waals surface area contributed by atoms with Gasteiger partial charge in [0.2, 0.25) is 0 Å². The fourth-order valence-electron chi connectivity index (χ4n) is 0.402. The number of hydrogen-bond acceptors (Lipinski definition) is 4. The smallest absolute Gasteiger partial charge is 0.363 e. The lowest BCUT2D eigenvalue weighted by atomic mass is 10.1. The van der Waals surface area contributed by atoms with E-state index in [0.717, 1.165) is 13.8 Å². The molecule has 0 aromatic carbocycles. The Morgan fingerprint density at radius 1 is 1.64 bits per heavy atom. The quantitative estimate of drug-likeness (QED) is 0.566. The van der Waals surface area contributed by atoms with Gasteiger partial charge in [0.25, 0.3) is 5.60 Å². The van der Waals surface area contributed by atoms with Gasteiger partial charge in [-0.15, -0.1) is 0 Å². The molecule has 0 heterocycles. The van der Waals surface area contributed by atoms with Gasteiger partial charge in [0, 0.05) is 13.8 Å². The molecule has 5 nitrogen and oxygen atoms in total. The molecule has 0 amide bonds. The van der Waals surface area contributed by atoms with Crippen molar-refractivity contribution in [3.8, 4) is 6.07 Å². The van der Waals surface area contributed by atoms with E-state index in [4.69, 9.17) is 10.4 Å². The highest BCUT2D eigenvalue weighted by atomic mass is 16.6. The van der Waals surface area contributed by atoms with Crippen LogP contribution in [0.5, 0.6) is 0 Å². The van der Waals surface area contributed by atoms with Gasteiger partial charge in [-0.1, -0.05) is 0 Å². The van der Waals surface area contributed by atoms with Gasteiger partial charge in [-0.25, -0.2) is 4.79 Å². The zero-order valence-corrected chi connectivity index (χ0v) is 6.12. The Kier molecular flexibility index (Phi) is 2.58. The van der Waals surface area contributed by atoms with E-state index in [2.05, 4.69) is 4.74 Å². The number of ether oxygens (including phenoxy) is 1. The number of carboxylic acid groups (broad SMARTS) is 1. The summed E-state index contributed by atoms with van der Waals surface area (Å²) < 4.78 is 4.25. The average molecular weight is 157 g/mol. The fraction of sp³-hybridized carbons (Fsp3) is 0.500. The topological polar surface area (TPSA) is 87.4 Å². The highest BCUT2D eigenvalue weighted by molar-refractivity contribution is 5.83. The van der Waals surface area contributed by atoms with E-state index in [-0.39, 0.29) is 0 Å². The van der Waals surface area contributed by atoms with Crippen LogP contribution < -0.4 is 0 Å². The largest absolute Gasteiger partial charge is 0.477 e. The first-order valence-electron chi connectivity index (χ1n) is 2.76. The molecule has 1 N–H and O–H groups in total. The molecular formula is C6H7NO4. The molecule has 0 saturated heterocycles. The van der Waals surface area contributed by atoms with E-state index < -0.39 is 17.5 Å². The number of carbonyl (C=O) groups is 2. The maximum atomic E-state index is 10.3. The third-order valence-electron chi connectivity index (χ3n) is 0.969. The molecule has 0 radical (unpaired) electrons. The molecule has 0 aliphatic rings. The van der Waals surface area contributed by atoms with Crippen molar-refractivity contribution in [2.45, 2.75) is 19.4 Å². The molecular weight excluding hydrogens is 150 g/mol. The van der Waals surface area contributed by atoms with Crippen LogP contribution in [0.3, 0.4) is 0 Å². The summed E-state index contributed by atoms with van der Waals surface area (Å²) in [6.07, 6.45) is 0. The molecule has 11 heavy (non-hydrogen) atoms. The number of carbonyl (C=O) groups excluding carboxylic acids is 1. The predicted octanol–water partition coefficient (Wildman–Crippen LogP) is -0.0836. The van der Waals surface area contributed by atoms with Gasteiger partial charge in [-0.2, -0.15) is 5.26 Å². The molecule has 0 spiro atoms. The highest BCUT2D eigenvalue weighted by Crippen LogP contribution is 2.08. The maximum absolute atomic E-state index is 10.3. The van der Waals surface area contributed by atoms with E-state index in [1.807, 2.05) is 0 Å². The minimum Gasteiger partial charge on any atom is -0.477 e. The number of esters is 1. The van der Waals surface area contributed by atoms with Gasteiger partial charge in [-0.3, -0.25) is 4.79 Å². The lowest BCUT2D eigenvalue weighted by Gasteiger charge is -2.14. The van der Waals surface area contributed by atoms with Crippen molar-refractivity contribution in [3.05, 3.63) is 0 Å². The van der Waals surface area contributed by atoms with Gasteiger partial charge < -0.3 is 9.84 Å². The van der Waals surface area contributed by atoms with Crippen molar-refractivity contribution in [1.29, 1.82) is 5.26 Å². The number of rotatable bonds is 2. The van der Waals surface area contributed by atoms with Crippen molar-refractivity contribution >= 4 is 11.9 Å². The monoisotopic (exact) mass is 157 g/mol. The molecule has 0 aromatic rings. The van der Waals surface area contributed by atoms with Crippen molar-refractivity contribution in [1.82, 2.24) is 0 Å². The predicted molar refractivity (Wildman–Crippen MR) is 33.4 cm³/mol. The van der Waals surface area contributed by atoms with E-state index in [1.54, 1.807) is 0 Å². The first-order chi connectivity index (χ1) is 4.92. The zero-order chi connectivity index (χ0) is 9.07. The number of carboxylic acids is 1. The normalized spacial score (nSPS) is 14.3. The van der Waals surface area contributed by atoms with Crippen LogP contribution >= 0.6 is 0 Å². The summed E-state index contributed by atoms with van der Waals surface area (Å²) in [7, 11) is 0. The average Bonchev–Trinajstić information content (AvgIpc) is 1.86. The first-order valence-corrected chi connectivity index (χ1v) is 2.76. The van der Waals surface area contributed by atoms with Crippen LogP contribution in [-0.2, 0) is 14.3 Å². The Hall–Kier alpha value is -1.57. The molecule has 0 aliphatic carbocycles. The Morgan fingerprint density at radius 2 is 2.09 bits per heavy atom. The molecule has 0 aromatic heterocycles. The fourth-order valence-corrected chi connectivity index (χ4v) is 0.402. The Labute approximate surface area is 63.2 Å². The lowest BCUT2D eigenvalue weighted by molar-refractivity contribution is -0.168. The molecule has 0 rings (SSSR count). The van der Waals surface area contributed by atoms with Crippen LogP contribution in [0.4, 0.5) is 0 Å². The molecule has 60 valence electrons. The Morgan fingerprint density at radius 3 is 2.18 bits per heavy atom. The van der Waals surface area contributed by atoms with Gasteiger partial charge in [0.15, 0.2) is 0 Å². The molecule has 0 saturated carbocycles. The Balaban J connectivity index is 4.51. The van der Waals surface area contributed by atoms with E-state index in [9.17, 15) is 9.59 Å². The van der Waals surface area contributed by atoms with Crippen LogP contribution in [0.25, 0.3) is 0 Å². The number of nitrogens with zero attached hydrogens (tertiary/aromatic N) is 1. The van der Waals surface area contributed by atoms with Crippen LogP contribution in [0.15, 0.2) is 0 Å². The summed E-state index contributed by atoms with van der Waals surface area (Å²) in [5, 5.41) is 16.7. The van der Waals surface area contributed by atoms with E-state index >= 15 is 0 Å². The van der Waals surface area contributed by atoms with Crippen LogP contribution in [0.2, 0.25) is 0 Å². The summed E-state index contributed by atoms with van der Waals surface area (Å²) in [6.45, 7) is 2.05. The van der Waals surface area contributed by atoms with E-state index in [1.165, 1.54) is 6.07 Å². The number of nitriles is 1. The van der Waals surface area contributed by atoms with Crippen molar-refractivity contribution < 1.29 is 19.4 Å². The summed E-state index contributed by atoms with van der Waals surface area (Å²) in [4.78, 5) is 20.6. The third kappa shape index (κ3) is 2.26. The SMILES string of the molecule is CC(=O)OC(C)(C#N)C(=O)O. The van der Waals surface area contributed by atoms with Crippen molar-refractivity contribution in [2.24, 2.45) is 0 Å². The molecule has 5 heteroatoms. The minimum atomic E-state index is -2.06. The highest BCUT2D eigenvalue weighted by Gasteiger charge is 2.36. The molecule has 1 atom stereocenters. The lowest BCUT2D eigenvalue weighted by Crippen LogP contribution is -2.38. The number of hydrogen-bond donors (Lipinski definition) is 1. The van der Waals surface area contributed by atoms with Gasteiger partial charge in [-0.05, 0) is 0 Å². The van der Waals surface area contributed by atoms with Gasteiger partial charge in [0.05, 0.1) is 0 Å². The molecule has 0 fully saturated rings. The summed E-state index contributed by atoms with van der Waals surface area (Å²) in [5.41, 5.74) is -2.06. The zero-order valence-electron chi connectivity index (χ0n) is 6.12.